The molecule has 0 aliphatic rings. The van der Waals surface area contributed by atoms with Crippen LogP contribution in [0, 0.1) is 0 Å². The van der Waals surface area contributed by atoms with Gasteiger partial charge in [0.1, 0.15) is 0 Å². The molecule has 0 unspecified atom stereocenters. The summed E-state index contributed by atoms with van der Waals surface area (Å²) in [6, 6.07) is 0. The Labute approximate surface area is 101 Å². The van der Waals surface area contributed by atoms with Crippen LogP contribution in [0.15, 0.2) is 24.8 Å². The van der Waals surface area contributed by atoms with Crippen molar-refractivity contribution < 1.29 is 0 Å². The normalized spacial score (nSPS) is 10.7. The third-order valence-corrected chi connectivity index (χ3v) is 2.64. The van der Waals surface area contributed by atoms with E-state index in [2.05, 4.69) is 26.9 Å². The van der Waals surface area contributed by atoms with Crippen molar-refractivity contribution in [3.05, 3.63) is 30.4 Å². The summed E-state index contributed by atoms with van der Waals surface area (Å²) in [5.41, 5.74) is 1.24. The van der Waals surface area contributed by atoms with Crippen LogP contribution in [-0.2, 0) is 20.0 Å². The van der Waals surface area contributed by atoms with Gasteiger partial charge >= 0.3 is 0 Å². The monoisotopic (exact) mass is 233 g/mol. The van der Waals surface area contributed by atoms with E-state index >= 15 is 0 Å². The quantitative estimate of drug-likeness (QED) is 0.825. The van der Waals surface area contributed by atoms with Crippen molar-refractivity contribution in [3.8, 4) is 0 Å². The van der Waals surface area contributed by atoms with Gasteiger partial charge in [0, 0.05) is 38.7 Å². The number of nitrogens with one attached hydrogen (secondary N) is 1. The zero-order valence-electron chi connectivity index (χ0n) is 10.4. The van der Waals surface area contributed by atoms with Crippen molar-refractivity contribution in [2.24, 2.45) is 7.05 Å². The Kier molecular flexibility index (Phi) is 3.80. The Morgan fingerprint density at radius 1 is 1.41 bits per heavy atom. The van der Waals surface area contributed by atoms with Gasteiger partial charge in [0.25, 0.3) is 0 Å². The van der Waals surface area contributed by atoms with E-state index < -0.39 is 0 Å². The summed E-state index contributed by atoms with van der Waals surface area (Å²) in [4.78, 5) is 4.30. The molecule has 5 nitrogen and oxygen atoms in total. The van der Waals surface area contributed by atoms with Crippen LogP contribution in [0.25, 0.3) is 0 Å². The van der Waals surface area contributed by atoms with Crippen molar-refractivity contribution in [1.82, 2.24) is 19.3 Å². The highest BCUT2D eigenvalue weighted by atomic mass is 15.2. The Hall–Kier alpha value is -1.78. The lowest BCUT2D eigenvalue weighted by atomic mass is 10.2. The van der Waals surface area contributed by atoms with Crippen molar-refractivity contribution >= 4 is 5.95 Å². The predicted molar refractivity (Wildman–Crippen MR) is 67.9 cm³/mol. The molecule has 0 spiro atoms. The largest absolute Gasteiger partial charge is 0.355 e. The van der Waals surface area contributed by atoms with E-state index in [1.807, 2.05) is 36.5 Å². The maximum absolute atomic E-state index is 4.30. The van der Waals surface area contributed by atoms with Gasteiger partial charge in [0.2, 0.25) is 5.95 Å². The van der Waals surface area contributed by atoms with E-state index in [9.17, 15) is 0 Å². The van der Waals surface area contributed by atoms with Crippen LogP contribution in [0.1, 0.15) is 18.9 Å². The van der Waals surface area contributed by atoms with E-state index in [1.165, 1.54) is 5.56 Å². The van der Waals surface area contributed by atoms with Crippen LogP contribution in [0.3, 0.4) is 0 Å². The molecule has 0 saturated heterocycles. The first kappa shape index (κ1) is 11.7. The molecule has 5 heteroatoms. The van der Waals surface area contributed by atoms with Crippen LogP contribution in [0.5, 0.6) is 0 Å². The Bertz CT molecular complexity index is 457. The first-order chi connectivity index (χ1) is 8.29. The van der Waals surface area contributed by atoms with Crippen molar-refractivity contribution in [2.45, 2.75) is 26.3 Å². The third-order valence-electron chi connectivity index (χ3n) is 2.64. The second-order valence-corrected chi connectivity index (χ2v) is 4.14. The van der Waals surface area contributed by atoms with Crippen molar-refractivity contribution in [2.75, 3.05) is 11.9 Å². The zero-order valence-corrected chi connectivity index (χ0v) is 10.4. The van der Waals surface area contributed by atoms with Gasteiger partial charge in [0.05, 0.1) is 6.20 Å². The minimum atomic E-state index is 0.881. The van der Waals surface area contributed by atoms with Gasteiger partial charge in [-0.15, -0.1) is 0 Å². The SMILES string of the molecule is CCCn1ccnc1NCCc1cnn(C)c1. The maximum atomic E-state index is 4.30. The van der Waals surface area contributed by atoms with E-state index in [0.29, 0.717) is 0 Å². The third kappa shape index (κ3) is 3.09. The molecule has 0 atom stereocenters. The van der Waals surface area contributed by atoms with Crippen LogP contribution >= 0.6 is 0 Å². The highest BCUT2D eigenvalue weighted by molar-refractivity contribution is 5.26. The maximum Gasteiger partial charge on any atom is 0.202 e. The van der Waals surface area contributed by atoms with Gasteiger partial charge in [-0.25, -0.2) is 4.98 Å². The van der Waals surface area contributed by atoms with Gasteiger partial charge in [-0.1, -0.05) is 6.92 Å². The summed E-state index contributed by atoms with van der Waals surface area (Å²) in [6.45, 7) is 4.06. The average molecular weight is 233 g/mol. The van der Waals surface area contributed by atoms with Gasteiger partial charge in [-0.05, 0) is 18.4 Å². The second-order valence-electron chi connectivity index (χ2n) is 4.14. The van der Waals surface area contributed by atoms with E-state index in [1.54, 1.807) is 0 Å². The lowest BCUT2D eigenvalue weighted by Gasteiger charge is -2.07. The standard InChI is InChI=1S/C12H19N5/c1-3-7-17-8-6-14-12(17)13-5-4-11-9-15-16(2)10-11/h6,8-10H,3-5,7H2,1-2H3,(H,13,14). The van der Waals surface area contributed by atoms with Gasteiger partial charge in [-0.2, -0.15) is 5.10 Å². The lowest BCUT2D eigenvalue weighted by molar-refractivity contribution is 0.682. The van der Waals surface area contributed by atoms with Crippen LogP contribution in [0.4, 0.5) is 5.95 Å². The average Bonchev–Trinajstić information content (AvgIpc) is 2.90. The molecule has 2 heterocycles. The number of aryl methyl sites for hydroxylation is 2. The molecule has 0 aliphatic carbocycles. The van der Waals surface area contributed by atoms with Crippen LogP contribution in [-0.4, -0.2) is 25.9 Å². The van der Waals surface area contributed by atoms with Crippen molar-refractivity contribution in [3.63, 3.8) is 0 Å². The minimum absolute atomic E-state index is 0.881. The molecule has 0 fully saturated rings. The summed E-state index contributed by atoms with van der Waals surface area (Å²) < 4.78 is 3.97. The number of nitrogens with zero attached hydrogens (tertiary/aromatic N) is 4. The molecule has 0 aromatic carbocycles. The molecule has 0 aliphatic heterocycles. The number of aromatic nitrogens is 4. The molecule has 17 heavy (non-hydrogen) atoms. The molecule has 2 aromatic rings. The summed E-state index contributed by atoms with van der Waals surface area (Å²) in [6.07, 6.45) is 9.87. The molecular weight excluding hydrogens is 214 g/mol. The molecule has 1 N–H and O–H groups in total. The number of anilines is 1. The summed E-state index contributed by atoms with van der Waals surface area (Å²) in [5.74, 6) is 0.954. The number of rotatable bonds is 6. The van der Waals surface area contributed by atoms with Gasteiger partial charge in [-0.3, -0.25) is 4.68 Å². The number of hydrogen-bond donors (Lipinski definition) is 1. The first-order valence-electron chi connectivity index (χ1n) is 6.02. The lowest BCUT2D eigenvalue weighted by Crippen LogP contribution is -2.10. The summed E-state index contributed by atoms with van der Waals surface area (Å²) in [5, 5.41) is 7.50. The minimum Gasteiger partial charge on any atom is -0.355 e. The van der Waals surface area contributed by atoms with Crippen LogP contribution in [0.2, 0.25) is 0 Å². The fraction of sp³-hybridized carbons (Fsp3) is 0.500. The first-order valence-corrected chi connectivity index (χ1v) is 6.02. The topological polar surface area (TPSA) is 47.7 Å². The van der Waals surface area contributed by atoms with Crippen LogP contribution < -0.4 is 5.32 Å². The zero-order chi connectivity index (χ0) is 12.1. The molecule has 2 rings (SSSR count). The fourth-order valence-corrected chi connectivity index (χ4v) is 1.82. The fourth-order valence-electron chi connectivity index (χ4n) is 1.82. The van der Waals surface area contributed by atoms with Crippen molar-refractivity contribution in [1.29, 1.82) is 0 Å². The van der Waals surface area contributed by atoms with E-state index in [4.69, 9.17) is 0 Å². The Balaban J connectivity index is 1.83. The van der Waals surface area contributed by atoms with E-state index in [0.717, 1.165) is 31.9 Å². The molecular formula is C12H19N5. The second kappa shape index (κ2) is 5.52. The van der Waals surface area contributed by atoms with E-state index in [-0.39, 0.29) is 0 Å². The number of hydrogen-bond acceptors (Lipinski definition) is 3. The summed E-state index contributed by atoms with van der Waals surface area (Å²) in [7, 11) is 1.94. The molecule has 92 valence electrons. The van der Waals surface area contributed by atoms with Gasteiger partial charge < -0.3 is 9.88 Å². The molecule has 0 amide bonds. The molecule has 0 saturated carbocycles. The molecule has 0 bridgehead atoms. The highest BCUT2D eigenvalue weighted by Crippen LogP contribution is 2.06. The Morgan fingerprint density at radius 3 is 3.00 bits per heavy atom. The molecule has 0 radical (unpaired) electrons. The predicted octanol–water partition coefficient (Wildman–Crippen LogP) is 1.68. The van der Waals surface area contributed by atoms with Gasteiger partial charge in [0.15, 0.2) is 0 Å². The number of imidazole rings is 1. The highest BCUT2D eigenvalue weighted by Gasteiger charge is 2.01. The smallest absolute Gasteiger partial charge is 0.202 e. The molecule has 2 aromatic heterocycles. The Morgan fingerprint density at radius 2 is 2.29 bits per heavy atom. The summed E-state index contributed by atoms with van der Waals surface area (Å²) >= 11 is 0.